The van der Waals surface area contributed by atoms with Crippen molar-refractivity contribution in [2.24, 2.45) is 5.41 Å². The van der Waals surface area contributed by atoms with Crippen LogP contribution >= 0.6 is 11.3 Å². The van der Waals surface area contributed by atoms with Gasteiger partial charge in [-0.2, -0.15) is 0 Å². The van der Waals surface area contributed by atoms with E-state index in [1.54, 1.807) is 13.8 Å². The SMILES string of the molecule is CC(C)(CCNC(=O)c1csc([N+](=O)[O-])c1)C(=O)O. The number of hydrogen-bond acceptors (Lipinski definition) is 5. The fourth-order valence-corrected chi connectivity index (χ4v) is 1.94. The first-order chi connectivity index (χ1) is 8.74. The van der Waals surface area contributed by atoms with Crippen LogP contribution in [-0.2, 0) is 4.79 Å². The maximum Gasteiger partial charge on any atom is 0.324 e. The molecule has 0 spiro atoms. The van der Waals surface area contributed by atoms with Crippen LogP contribution in [0.25, 0.3) is 0 Å². The zero-order chi connectivity index (χ0) is 14.6. The van der Waals surface area contributed by atoms with E-state index in [0.717, 1.165) is 11.3 Å². The number of nitrogens with one attached hydrogen (secondary N) is 1. The third-order valence-electron chi connectivity index (χ3n) is 2.64. The van der Waals surface area contributed by atoms with Crippen molar-refractivity contribution in [3.05, 3.63) is 27.1 Å². The molecule has 0 atom stereocenters. The summed E-state index contributed by atoms with van der Waals surface area (Å²) in [4.78, 5) is 32.4. The molecule has 1 aromatic heterocycles. The number of nitro groups is 1. The lowest BCUT2D eigenvalue weighted by Crippen LogP contribution is -2.31. The summed E-state index contributed by atoms with van der Waals surface area (Å²) in [6.45, 7) is 3.33. The van der Waals surface area contributed by atoms with Crippen LogP contribution in [0, 0.1) is 15.5 Å². The van der Waals surface area contributed by atoms with E-state index >= 15 is 0 Å². The molecular formula is C11H14N2O5S. The third kappa shape index (κ3) is 4.02. The van der Waals surface area contributed by atoms with Crippen molar-refractivity contribution in [3.8, 4) is 0 Å². The molecule has 0 radical (unpaired) electrons. The Morgan fingerprint density at radius 1 is 1.53 bits per heavy atom. The second-order valence-corrected chi connectivity index (χ2v) is 5.52. The van der Waals surface area contributed by atoms with Gasteiger partial charge < -0.3 is 10.4 Å². The summed E-state index contributed by atoms with van der Waals surface area (Å²) in [6, 6.07) is 1.20. The molecule has 1 heterocycles. The Kier molecular flexibility index (Phi) is 4.60. The van der Waals surface area contributed by atoms with E-state index in [4.69, 9.17) is 5.11 Å². The second kappa shape index (κ2) is 5.79. The molecule has 0 aromatic carbocycles. The Morgan fingerprint density at radius 2 is 2.16 bits per heavy atom. The van der Waals surface area contributed by atoms with Gasteiger partial charge in [0.05, 0.1) is 15.9 Å². The highest BCUT2D eigenvalue weighted by Gasteiger charge is 2.26. The van der Waals surface area contributed by atoms with Crippen molar-refractivity contribution in [1.29, 1.82) is 0 Å². The summed E-state index contributed by atoms with van der Waals surface area (Å²) >= 11 is 0.876. The number of amides is 1. The minimum atomic E-state index is -0.937. The zero-order valence-electron chi connectivity index (χ0n) is 10.5. The number of rotatable bonds is 6. The van der Waals surface area contributed by atoms with Crippen molar-refractivity contribution in [2.75, 3.05) is 6.54 Å². The molecule has 0 bridgehead atoms. The quantitative estimate of drug-likeness (QED) is 0.613. The minimum Gasteiger partial charge on any atom is -0.481 e. The number of hydrogen-bond donors (Lipinski definition) is 2. The van der Waals surface area contributed by atoms with Gasteiger partial charge in [0.15, 0.2) is 0 Å². The topological polar surface area (TPSA) is 110 Å². The number of thiophene rings is 1. The van der Waals surface area contributed by atoms with Crippen LogP contribution in [0.15, 0.2) is 11.4 Å². The molecule has 2 N–H and O–H groups in total. The van der Waals surface area contributed by atoms with Crippen molar-refractivity contribution < 1.29 is 19.6 Å². The summed E-state index contributed by atoms with van der Waals surface area (Å²) in [6.07, 6.45) is 0.278. The van der Waals surface area contributed by atoms with Gasteiger partial charge in [-0.1, -0.05) is 11.3 Å². The lowest BCUT2D eigenvalue weighted by molar-refractivity contribution is -0.380. The Bertz CT molecular complexity index is 509. The molecule has 0 aliphatic heterocycles. The van der Waals surface area contributed by atoms with E-state index < -0.39 is 22.2 Å². The van der Waals surface area contributed by atoms with Crippen LogP contribution in [0.1, 0.15) is 30.6 Å². The van der Waals surface area contributed by atoms with Gasteiger partial charge in [-0.15, -0.1) is 0 Å². The lowest BCUT2D eigenvalue weighted by Gasteiger charge is -2.18. The highest BCUT2D eigenvalue weighted by molar-refractivity contribution is 7.13. The van der Waals surface area contributed by atoms with Gasteiger partial charge >= 0.3 is 11.0 Å². The van der Waals surface area contributed by atoms with Gasteiger partial charge in [-0.05, 0) is 20.3 Å². The minimum absolute atomic E-state index is 0.101. The molecular weight excluding hydrogens is 272 g/mol. The van der Waals surface area contributed by atoms with Gasteiger partial charge in [0, 0.05) is 18.0 Å². The first kappa shape index (κ1) is 15.1. The Morgan fingerprint density at radius 3 is 2.63 bits per heavy atom. The van der Waals surface area contributed by atoms with Crippen LogP contribution in [0.5, 0.6) is 0 Å². The average Bonchev–Trinajstić information content (AvgIpc) is 2.77. The molecule has 0 saturated heterocycles. The van der Waals surface area contributed by atoms with E-state index in [1.807, 2.05) is 0 Å². The number of carboxylic acids is 1. The summed E-state index contributed by atoms with van der Waals surface area (Å²) in [7, 11) is 0. The van der Waals surface area contributed by atoms with Crippen LogP contribution < -0.4 is 5.32 Å². The van der Waals surface area contributed by atoms with Crippen molar-refractivity contribution >= 4 is 28.2 Å². The molecule has 1 rings (SSSR count). The smallest absolute Gasteiger partial charge is 0.324 e. The summed E-state index contributed by atoms with van der Waals surface area (Å²) in [5.41, 5.74) is -0.710. The number of carboxylic acid groups (broad SMARTS) is 1. The predicted octanol–water partition coefficient (Wildman–Crippen LogP) is 1.89. The molecule has 0 fully saturated rings. The number of nitrogens with zero attached hydrogens (tertiary/aromatic N) is 1. The highest BCUT2D eigenvalue weighted by Crippen LogP contribution is 2.23. The lowest BCUT2D eigenvalue weighted by atomic mass is 9.90. The van der Waals surface area contributed by atoms with Crippen molar-refractivity contribution in [3.63, 3.8) is 0 Å². The number of aliphatic carboxylic acids is 1. The Balaban J connectivity index is 2.52. The predicted molar refractivity (Wildman–Crippen MR) is 69.3 cm³/mol. The first-order valence-electron chi connectivity index (χ1n) is 5.48. The summed E-state index contributed by atoms with van der Waals surface area (Å²) in [5.74, 6) is -1.38. The van der Waals surface area contributed by atoms with Gasteiger partial charge in [-0.25, -0.2) is 0 Å². The van der Waals surface area contributed by atoms with E-state index in [-0.39, 0.29) is 23.5 Å². The van der Waals surface area contributed by atoms with Crippen molar-refractivity contribution in [1.82, 2.24) is 5.32 Å². The molecule has 7 nitrogen and oxygen atoms in total. The van der Waals surface area contributed by atoms with E-state index in [2.05, 4.69) is 5.32 Å². The molecule has 1 aromatic rings. The van der Waals surface area contributed by atoms with Crippen LogP contribution in [0.2, 0.25) is 0 Å². The van der Waals surface area contributed by atoms with Crippen LogP contribution in [0.3, 0.4) is 0 Å². The third-order valence-corrected chi connectivity index (χ3v) is 3.52. The molecule has 0 saturated carbocycles. The molecule has 19 heavy (non-hydrogen) atoms. The number of carbonyl (C=O) groups is 2. The van der Waals surface area contributed by atoms with Gasteiger partial charge in [-0.3, -0.25) is 19.7 Å². The standard InChI is InChI=1S/C11H14N2O5S/c1-11(2,10(15)16)3-4-12-9(14)7-5-8(13(17)18)19-6-7/h5-6H,3-4H2,1-2H3,(H,12,14)(H,15,16). The zero-order valence-corrected chi connectivity index (χ0v) is 11.3. The summed E-state index contributed by atoms with van der Waals surface area (Å²) < 4.78 is 0. The second-order valence-electron chi connectivity index (χ2n) is 4.63. The van der Waals surface area contributed by atoms with Gasteiger partial charge in [0.25, 0.3) is 5.91 Å². The fourth-order valence-electron chi connectivity index (χ4n) is 1.24. The number of carbonyl (C=O) groups excluding carboxylic acids is 1. The Labute approximate surface area is 113 Å². The molecule has 8 heteroatoms. The van der Waals surface area contributed by atoms with E-state index in [0.29, 0.717) is 0 Å². The maximum absolute atomic E-state index is 11.7. The van der Waals surface area contributed by atoms with E-state index in [9.17, 15) is 19.7 Å². The highest BCUT2D eigenvalue weighted by atomic mass is 32.1. The van der Waals surface area contributed by atoms with Gasteiger partial charge in [0.1, 0.15) is 0 Å². The Hall–Kier alpha value is -1.96. The van der Waals surface area contributed by atoms with Crippen LogP contribution in [0.4, 0.5) is 5.00 Å². The van der Waals surface area contributed by atoms with Crippen molar-refractivity contribution in [2.45, 2.75) is 20.3 Å². The molecule has 1 amide bonds. The van der Waals surface area contributed by atoms with E-state index in [1.165, 1.54) is 11.4 Å². The normalized spacial score (nSPS) is 11.1. The fraction of sp³-hybridized carbons (Fsp3) is 0.455. The average molecular weight is 286 g/mol. The molecule has 0 aliphatic carbocycles. The summed E-state index contributed by atoms with van der Waals surface area (Å²) in [5, 5.41) is 23.2. The monoisotopic (exact) mass is 286 g/mol. The largest absolute Gasteiger partial charge is 0.481 e. The van der Waals surface area contributed by atoms with Crippen LogP contribution in [-0.4, -0.2) is 28.5 Å². The molecule has 0 unspecified atom stereocenters. The molecule has 0 aliphatic rings. The molecule has 104 valence electrons. The first-order valence-corrected chi connectivity index (χ1v) is 6.36. The maximum atomic E-state index is 11.7. The van der Waals surface area contributed by atoms with Gasteiger partial charge in [0.2, 0.25) is 0 Å².